The first kappa shape index (κ1) is 13.8. The number of benzene rings is 2. The summed E-state index contributed by atoms with van der Waals surface area (Å²) in [5.41, 5.74) is 1.71. The van der Waals surface area contributed by atoms with Gasteiger partial charge in [-0.25, -0.2) is 4.39 Å². The number of halogens is 2. The van der Waals surface area contributed by atoms with Crippen LogP contribution >= 0.6 is 11.6 Å². The van der Waals surface area contributed by atoms with E-state index in [1.165, 1.54) is 12.1 Å². The minimum Gasteiger partial charge on any atom is -0.497 e. The van der Waals surface area contributed by atoms with E-state index in [1.54, 1.807) is 13.2 Å². The van der Waals surface area contributed by atoms with Crippen LogP contribution in [0.3, 0.4) is 0 Å². The lowest BCUT2D eigenvalue weighted by Gasteiger charge is -2.19. The van der Waals surface area contributed by atoms with Crippen LogP contribution in [-0.4, -0.2) is 14.2 Å². The Balaban J connectivity index is 2.40. The van der Waals surface area contributed by atoms with Gasteiger partial charge >= 0.3 is 0 Å². The molecule has 0 saturated heterocycles. The minimum absolute atomic E-state index is 0.158. The third kappa shape index (κ3) is 3.06. The summed E-state index contributed by atoms with van der Waals surface area (Å²) in [6, 6.07) is 11.8. The number of hydrogen-bond donors (Lipinski definition) is 1. The first-order chi connectivity index (χ1) is 9.15. The summed E-state index contributed by atoms with van der Waals surface area (Å²) in [6.45, 7) is 0. The molecule has 1 atom stereocenters. The third-order valence-electron chi connectivity index (χ3n) is 3.01. The molecule has 0 heterocycles. The van der Waals surface area contributed by atoms with Crippen molar-refractivity contribution in [2.45, 2.75) is 6.04 Å². The molecule has 0 amide bonds. The monoisotopic (exact) mass is 279 g/mol. The number of rotatable bonds is 4. The first-order valence-corrected chi connectivity index (χ1v) is 6.29. The second kappa shape index (κ2) is 6.04. The zero-order chi connectivity index (χ0) is 13.8. The zero-order valence-corrected chi connectivity index (χ0v) is 11.5. The largest absolute Gasteiger partial charge is 0.497 e. The second-order valence-electron chi connectivity index (χ2n) is 4.16. The minimum atomic E-state index is -0.298. The van der Waals surface area contributed by atoms with Crippen molar-refractivity contribution in [2.75, 3.05) is 14.2 Å². The number of methoxy groups -OCH3 is 1. The molecule has 2 aromatic carbocycles. The van der Waals surface area contributed by atoms with Gasteiger partial charge in [-0.05, 0) is 48.5 Å². The fourth-order valence-electron chi connectivity index (χ4n) is 2.03. The lowest BCUT2D eigenvalue weighted by atomic mass is 9.98. The summed E-state index contributed by atoms with van der Waals surface area (Å²) in [5, 5.41) is 3.69. The van der Waals surface area contributed by atoms with E-state index in [2.05, 4.69) is 5.32 Å². The van der Waals surface area contributed by atoms with Crippen LogP contribution in [0.25, 0.3) is 0 Å². The topological polar surface area (TPSA) is 21.3 Å². The number of nitrogens with one attached hydrogen (secondary N) is 1. The van der Waals surface area contributed by atoms with Gasteiger partial charge in [0.05, 0.1) is 13.2 Å². The highest BCUT2D eigenvalue weighted by molar-refractivity contribution is 6.31. The normalized spacial score (nSPS) is 12.2. The van der Waals surface area contributed by atoms with Gasteiger partial charge in [-0.15, -0.1) is 0 Å². The van der Waals surface area contributed by atoms with Crippen molar-refractivity contribution in [1.29, 1.82) is 0 Å². The van der Waals surface area contributed by atoms with Crippen LogP contribution in [0.2, 0.25) is 5.02 Å². The van der Waals surface area contributed by atoms with E-state index >= 15 is 0 Å². The van der Waals surface area contributed by atoms with Crippen LogP contribution in [0.15, 0.2) is 42.5 Å². The molecule has 0 aliphatic carbocycles. The maximum absolute atomic E-state index is 13.4. The zero-order valence-electron chi connectivity index (χ0n) is 10.8. The van der Waals surface area contributed by atoms with Crippen LogP contribution in [-0.2, 0) is 0 Å². The summed E-state index contributed by atoms with van der Waals surface area (Å²) in [7, 11) is 3.43. The van der Waals surface area contributed by atoms with Crippen molar-refractivity contribution in [2.24, 2.45) is 0 Å². The number of hydrogen-bond acceptors (Lipinski definition) is 2. The van der Waals surface area contributed by atoms with Crippen LogP contribution in [0.5, 0.6) is 5.75 Å². The molecule has 0 fully saturated rings. The highest BCUT2D eigenvalue weighted by atomic mass is 35.5. The van der Waals surface area contributed by atoms with E-state index in [0.717, 1.165) is 11.3 Å². The Morgan fingerprint density at radius 1 is 1.16 bits per heavy atom. The standard InChI is InChI=1S/C15H15ClFNO/c1-18-15(10-3-6-12(19-2)7-4-10)13-9-11(17)5-8-14(13)16/h3-9,15,18H,1-2H3. The molecule has 0 radical (unpaired) electrons. The van der Waals surface area contributed by atoms with Crippen molar-refractivity contribution in [3.63, 3.8) is 0 Å². The number of ether oxygens (including phenoxy) is 1. The van der Waals surface area contributed by atoms with Crippen LogP contribution in [0.1, 0.15) is 17.2 Å². The third-order valence-corrected chi connectivity index (χ3v) is 3.35. The first-order valence-electron chi connectivity index (χ1n) is 5.92. The Bertz CT molecular complexity index is 557. The summed E-state index contributed by atoms with van der Waals surface area (Å²) < 4.78 is 18.5. The molecule has 0 bridgehead atoms. The molecule has 0 aliphatic heterocycles. The quantitative estimate of drug-likeness (QED) is 0.919. The van der Waals surface area contributed by atoms with Crippen LogP contribution in [0.4, 0.5) is 4.39 Å². The van der Waals surface area contributed by atoms with Crippen LogP contribution < -0.4 is 10.1 Å². The Labute approximate surface area is 117 Å². The molecule has 1 unspecified atom stereocenters. The average Bonchev–Trinajstić information content (AvgIpc) is 2.44. The SMILES string of the molecule is CNC(c1ccc(OC)cc1)c1cc(F)ccc1Cl. The molecule has 0 spiro atoms. The van der Waals surface area contributed by atoms with Gasteiger partial charge in [-0.3, -0.25) is 0 Å². The van der Waals surface area contributed by atoms with Gasteiger partial charge in [-0.1, -0.05) is 23.7 Å². The molecular formula is C15H15ClFNO. The molecule has 4 heteroatoms. The van der Waals surface area contributed by atoms with Crippen molar-refractivity contribution < 1.29 is 9.13 Å². The van der Waals surface area contributed by atoms with E-state index in [4.69, 9.17) is 16.3 Å². The molecule has 19 heavy (non-hydrogen) atoms. The van der Waals surface area contributed by atoms with Gasteiger partial charge in [0.25, 0.3) is 0 Å². The van der Waals surface area contributed by atoms with Crippen LogP contribution in [0, 0.1) is 5.82 Å². The Kier molecular flexibility index (Phi) is 4.40. The Hall–Kier alpha value is -1.58. The molecule has 100 valence electrons. The van der Waals surface area contributed by atoms with Gasteiger partial charge in [0.1, 0.15) is 11.6 Å². The van der Waals surface area contributed by atoms with Gasteiger partial charge in [-0.2, -0.15) is 0 Å². The predicted molar refractivity (Wildman–Crippen MR) is 75.3 cm³/mol. The molecule has 0 saturated carbocycles. The maximum atomic E-state index is 13.4. The molecule has 1 N–H and O–H groups in total. The molecular weight excluding hydrogens is 265 g/mol. The van der Waals surface area contributed by atoms with Gasteiger partial charge in [0.15, 0.2) is 0 Å². The fraction of sp³-hybridized carbons (Fsp3) is 0.200. The molecule has 0 aliphatic rings. The Morgan fingerprint density at radius 3 is 2.42 bits per heavy atom. The highest BCUT2D eigenvalue weighted by Crippen LogP contribution is 2.29. The van der Waals surface area contributed by atoms with Crippen molar-refractivity contribution in [1.82, 2.24) is 5.32 Å². The van der Waals surface area contributed by atoms with Crippen molar-refractivity contribution in [3.05, 3.63) is 64.4 Å². The molecule has 2 aromatic rings. The summed E-state index contributed by atoms with van der Waals surface area (Å²) >= 11 is 6.15. The summed E-state index contributed by atoms with van der Waals surface area (Å²) in [4.78, 5) is 0. The highest BCUT2D eigenvalue weighted by Gasteiger charge is 2.16. The predicted octanol–water partition coefficient (Wildman–Crippen LogP) is 3.80. The van der Waals surface area contributed by atoms with Gasteiger partial charge < -0.3 is 10.1 Å². The van der Waals surface area contributed by atoms with E-state index in [1.807, 2.05) is 31.3 Å². The fourth-order valence-corrected chi connectivity index (χ4v) is 2.26. The molecule has 0 aromatic heterocycles. The van der Waals surface area contributed by atoms with E-state index in [9.17, 15) is 4.39 Å². The molecule has 2 rings (SSSR count). The lowest BCUT2D eigenvalue weighted by molar-refractivity contribution is 0.414. The van der Waals surface area contributed by atoms with Crippen molar-refractivity contribution >= 4 is 11.6 Å². The van der Waals surface area contributed by atoms with E-state index in [0.29, 0.717) is 10.6 Å². The maximum Gasteiger partial charge on any atom is 0.123 e. The lowest BCUT2D eigenvalue weighted by Crippen LogP contribution is -2.18. The van der Waals surface area contributed by atoms with E-state index in [-0.39, 0.29) is 11.9 Å². The van der Waals surface area contributed by atoms with Gasteiger partial charge in [0.2, 0.25) is 0 Å². The average molecular weight is 280 g/mol. The summed E-state index contributed by atoms with van der Waals surface area (Å²) in [5.74, 6) is 0.483. The molecule has 2 nitrogen and oxygen atoms in total. The second-order valence-corrected chi connectivity index (χ2v) is 4.57. The van der Waals surface area contributed by atoms with E-state index < -0.39 is 0 Å². The van der Waals surface area contributed by atoms with Crippen molar-refractivity contribution in [3.8, 4) is 5.75 Å². The summed E-state index contributed by atoms with van der Waals surface area (Å²) in [6.07, 6.45) is 0. The van der Waals surface area contributed by atoms with Gasteiger partial charge in [0, 0.05) is 5.02 Å². The Morgan fingerprint density at radius 2 is 1.84 bits per heavy atom. The smallest absolute Gasteiger partial charge is 0.123 e.